The number of thiol groups is 4. The third kappa shape index (κ3) is 126. The standard InChI is InChI=1S/2C5H12O4.5C3H4O2.4C2H4O2S/c2*6-1-5(2-7,3-8)4-9;5*1-2-3(4)5;4*3-2(4)1-5/h2*6-9H,1-4H2;5*2H,1H2,(H,4,5);4*5H,1H2,(H,3,4). The molecule has 63 heavy (non-hydrogen) atoms. The number of aliphatic carboxylic acids is 9. The largest absolute Gasteiger partial charge is 0.481 e. The van der Waals surface area contributed by atoms with Crippen molar-refractivity contribution in [2.75, 3.05) is 75.9 Å². The van der Waals surface area contributed by atoms with E-state index < -0.39 is 117 Å². The highest BCUT2D eigenvalue weighted by Gasteiger charge is 2.27. The fraction of sp³-hybridized carbons (Fsp3) is 0.424. The predicted molar refractivity (Wildman–Crippen MR) is 237 cm³/mol. The van der Waals surface area contributed by atoms with E-state index in [0.29, 0.717) is 0 Å². The van der Waals surface area contributed by atoms with Crippen molar-refractivity contribution in [3.05, 3.63) is 63.3 Å². The highest BCUT2D eigenvalue weighted by molar-refractivity contribution is 7.81. The molecule has 30 heteroatoms. The maximum absolute atomic E-state index is 9.29. The number of carbonyl (C=O) groups is 9. The average molecular weight is 1000 g/mol. The van der Waals surface area contributed by atoms with Crippen molar-refractivity contribution in [3.8, 4) is 0 Å². The summed E-state index contributed by atoms with van der Waals surface area (Å²) in [6.45, 7) is 11.6. The van der Waals surface area contributed by atoms with Crippen LogP contribution in [0.25, 0.3) is 0 Å². The lowest BCUT2D eigenvalue weighted by molar-refractivity contribution is -0.134. The van der Waals surface area contributed by atoms with Gasteiger partial charge in [0.2, 0.25) is 0 Å². The highest BCUT2D eigenvalue weighted by Crippen LogP contribution is 2.12. The summed E-state index contributed by atoms with van der Waals surface area (Å²) in [5.74, 6) is -8.77. The van der Waals surface area contributed by atoms with Crippen LogP contribution in [0.1, 0.15) is 0 Å². The van der Waals surface area contributed by atoms with Crippen molar-refractivity contribution in [2.45, 2.75) is 0 Å². The fourth-order valence-corrected chi connectivity index (χ4v) is 0.600. The molecule has 0 bridgehead atoms. The summed E-state index contributed by atoms with van der Waals surface area (Å²) in [7, 11) is 0. The Labute approximate surface area is 383 Å². The quantitative estimate of drug-likeness (QED) is 0.0516. The zero-order chi connectivity index (χ0) is 53.2. The second-order valence-corrected chi connectivity index (χ2v) is 10.4. The number of hydrogen-bond acceptors (Lipinski definition) is 21. The maximum Gasteiger partial charge on any atom is 0.327 e. The summed E-state index contributed by atoms with van der Waals surface area (Å²) in [6.07, 6.45) is 4.17. The van der Waals surface area contributed by atoms with Gasteiger partial charge in [-0.1, -0.05) is 32.9 Å². The van der Waals surface area contributed by atoms with Crippen molar-refractivity contribution >= 4 is 104 Å². The average Bonchev–Trinajstić information content (AvgIpc) is 3.27. The summed E-state index contributed by atoms with van der Waals surface area (Å²) in [4.78, 5) is 83.4. The Morgan fingerprint density at radius 2 is 0.365 bits per heavy atom. The molecule has 0 saturated carbocycles. The topological polar surface area (TPSA) is 498 Å². The lowest BCUT2D eigenvalue weighted by atomic mass is 9.93. The van der Waals surface area contributed by atoms with Gasteiger partial charge in [-0.05, 0) is 0 Å². The lowest BCUT2D eigenvalue weighted by Gasteiger charge is -2.23. The summed E-state index contributed by atoms with van der Waals surface area (Å²) >= 11 is 13.7. The molecule has 0 aliphatic heterocycles. The zero-order valence-corrected chi connectivity index (χ0v) is 37.1. The number of hydrogen-bond donors (Lipinski definition) is 21. The minimum Gasteiger partial charge on any atom is -0.481 e. The molecule has 0 aliphatic rings. The molecule has 0 radical (unpaired) electrons. The molecule has 0 amide bonds. The molecule has 0 aromatic carbocycles. The van der Waals surface area contributed by atoms with Crippen LogP contribution in [0.15, 0.2) is 63.3 Å². The second-order valence-electron chi connectivity index (χ2n) is 9.18. The molecule has 0 aromatic heterocycles. The SMILES string of the molecule is C=CC(=O)O.C=CC(=O)O.C=CC(=O)O.C=CC(=O)O.C=CC(=O)O.O=C(O)CS.O=C(O)CS.O=C(O)CS.O=C(O)CS.OCC(CO)(CO)CO.OCC(CO)(CO)CO. The minimum atomic E-state index is -1.11. The van der Waals surface area contributed by atoms with Crippen molar-refractivity contribution < 1.29 is 130 Å². The van der Waals surface area contributed by atoms with Gasteiger partial charge in [0.25, 0.3) is 0 Å². The van der Waals surface area contributed by atoms with Crippen molar-refractivity contribution in [1.82, 2.24) is 0 Å². The zero-order valence-electron chi connectivity index (χ0n) is 33.5. The first kappa shape index (κ1) is 85.3. The molecule has 0 aromatic rings. The van der Waals surface area contributed by atoms with Crippen LogP contribution < -0.4 is 0 Å². The van der Waals surface area contributed by atoms with Gasteiger partial charge in [0.1, 0.15) is 0 Å². The molecule has 0 atom stereocenters. The van der Waals surface area contributed by atoms with Gasteiger partial charge in [-0.25, -0.2) is 24.0 Å². The number of rotatable bonds is 17. The van der Waals surface area contributed by atoms with Crippen LogP contribution in [0.4, 0.5) is 0 Å². The monoisotopic (exact) mass is 1000 g/mol. The van der Waals surface area contributed by atoms with E-state index in [9.17, 15) is 43.2 Å². The van der Waals surface area contributed by atoms with Gasteiger partial charge in [0.15, 0.2) is 0 Å². The highest BCUT2D eigenvalue weighted by atomic mass is 32.1. The number of aliphatic hydroxyl groups excluding tert-OH is 8. The summed E-state index contributed by atoms with van der Waals surface area (Å²) in [5.41, 5.74) is -2.22. The molecule has 0 heterocycles. The molecular formula is C33H60O26S4. The minimum absolute atomic E-state index is 0.0833. The van der Waals surface area contributed by atoms with E-state index in [1.807, 2.05) is 0 Å². The van der Waals surface area contributed by atoms with Crippen LogP contribution in [0.3, 0.4) is 0 Å². The molecule has 0 spiro atoms. The Balaban J connectivity index is -0.0000000530. The van der Waals surface area contributed by atoms with Crippen LogP contribution in [0.5, 0.6) is 0 Å². The molecule has 0 saturated heterocycles. The normalized spacial score (nSPS) is 8.32. The number of aliphatic hydroxyl groups is 8. The first-order valence-electron chi connectivity index (χ1n) is 15.4. The van der Waals surface area contributed by atoms with Gasteiger partial charge in [0.05, 0.1) is 86.7 Å². The van der Waals surface area contributed by atoms with Crippen LogP contribution in [0, 0.1) is 10.8 Å². The van der Waals surface area contributed by atoms with Crippen LogP contribution in [-0.4, -0.2) is 216 Å². The molecule has 17 N–H and O–H groups in total. The first-order valence-corrected chi connectivity index (χ1v) is 17.9. The molecular weight excluding hydrogens is 941 g/mol. The van der Waals surface area contributed by atoms with E-state index in [4.69, 9.17) is 86.8 Å². The van der Waals surface area contributed by atoms with Gasteiger partial charge < -0.3 is 86.8 Å². The molecule has 0 unspecified atom stereocenters. The van der Waals surface area contributed by atoms with E-state index in [-0.39, 0.29) is 23.0 Å². The third-order valence-corrected chi connectivity index (χ3v) is 5.18. The third-order valence-electron chi connectivity index (χ3n) is 4.10. The summed E-state index contributed by atoms with van der Waals surface area (Å²) in [6, 6.07) is 0. The van der Waals surface area contributed by atoms with Gasteiger partial charge in [-0.15, -0.1) is 0 Å². The molecule has 0 rings (SSSR count). The van der Waals surface area contributed by atoms with Gasteiger partial charge in [0, 0.05) is 30.4 Å². The number of carboxylic acids is 9. The van der Waals surface area contributed by atoms with Crippen molar-refractivity contribution in [1.29, 1.82) is 0 Å². The Morgan fingerprint density at radius 3 is 0.365 bits per heavy atom. The van der Waals surface area contributed by atoms with Gasteiger partial charge in [-0.2, -0.15) is 50.5 Å². The Morgan fingerprint density at radius 1 is 0.302 bits per heavy atom. The van der Waals surface area contributed by atoms with Crippen molar-refractivity contribution in [2.24, 2.45) is 10.8 Å². The smallest absolute Gasteiger partial charge is 0.327 e. The lowest BCUT2D eigenvalue weighted by Crippen LogP contribution is -2.37. The summed E-state index contributed by atoms with van der Waals surface area (Å²) in [5, 5.41) is 137. The first-order chi connectivity index (χ1) is 28.9. The van der Waals surface area contributed by atoms with E-state index in [2.05, 4.69) is 83.4 Å². The number of carboxylic acid groups (broad SMARTS) is 9. The van der Waals surface area contributed by atoms with Crippen LogP contribution in [-0.2, 0) is 43.2 Å². The second kappa shape index (κ2) is 68.7. The van der Waals surface area contributed by atoms with E-state index in [0.717, 1.165) is 30.4 Å². The summed E-state index contributed by atoms with van der Waals surface area (Å²) < 4.78 is 0. The molecule has 0 fully saturated rings. The Hall–Kier alpha value is -4.99. The van der Waals surface area contributed by atoms with Gasteiger partial charge >= 0.3 is 53.7 Å². The van der Waals surface area contributed by atoms with E-state index in [1.165, 1.54) is 0 Å². The fourth-order valence-electron chi connectivity index (χ4n) is 0.600. The predicted octanol–water partition coefficient (Wildman–Crippen LogP) is -2.83. The van der Waals surface area contributed by atoms with E-state index >= 15 is 0 Å². The Bertz CT molecular complexity index is 1020. The van der Waals surface area contributed by atoms with Crippen LogP contribution in [0.2, 0.25) is 0 Å². The Kier molecular flexibility index (Phi) is 93.1. The van der Waals surface area contributed by atoms with Gasteiger partial charge in [-0.3, -0.25) is 19.2 Å². The molecule has 26 nitrogen and oxygen atoms in total. The maximum atomic E-state index is 9.29. The van der Waals surface area contributed by atoms with E-state index in [1.54, 1.807) is 0 Å². The van der Waals surface area contributed by atoms with Crippen molar-refractivity contribution in [3.63, 3.8) is 0 Å². The molecule has 0 aliphatic carbocycles. The molecule has 372 valence electrons. The van der Waals surface area contributed by atoms with Crippen LogP contribution >= 0.6 is 50.5 Å².